The van der Waals surface area contributed by atoms with E-state index in [4.69, 9.17) is 4.74 Å². The van der Waals surface area contributed by atoms with E-state index in [9.17, 15) is 19.2 Å². The summed E-state index contributed by atoms with van der Waals surface area (Å²) in [5, 5.41) is 5.00. The predicted molar refractivity (Wildman–Crippen MR) is 127 cm³/mol. The average Bonchev–Trinajstić information content (AvgIpc) is 3.06. The fourth-order valence-electron chi connectivity index (χ4n) is 3.12. The van der Waals surface area contributed by atoms with Crippen LogP contribution in [-0.4, -0.2) is 54.6 Å². The van der Waals surface area contributed by atoms with E-state index >= 15 is 0 Å². The molecule has 172 valence electrons. The number of aryl methyl sites for hydroxylation is 1. The van der Waals surface area contributed by atoms with Gasteiger partial charge in [0.2, 0.25) is 5.91 Å². The van der Waals surface area contributed by atoms with Crippen molar-refractivity contribution in [3.63, 3.8) is 0 Å². The fourth-order valence-corrected chi connectivity index (χ4v) is 3.98. The van der Waals surface area contributed by atoms with Gasteiger partial charge < -0.3 is 15.4 Å². The Kier molecular flexibility index (Phi) is 8.26. The quantitative estimate of drug-likeness (QED) is 0.550. The first-order valence-corrected chi connectivity index (χ1v) is 11.2. The molecule has 4 amide bonds. The van der Waals surface area contributed by atoms with Gasteiger partial charge in [-0.2, -0.15) is 0 Å². The zero-order valence-corrected chi connectivity index (χ0v) is 19.2. The van der Waals surface area contributed by atoms with Gasteiger partial charge >= 0.3 is 0 Å². The molecule has 3 rings (SSSR count). The van der Waals surface area contributed by atoms with E-state index in [1.54, 1.807) is 55.7 Å². The molecule has 2 N–H and O–H groups in total. The lowest BCUT2D eigenvalue weighted by Crippen LogP contribution is -2.38. The molecule has 9 heteroatoms. The van der Waals surface area contributed by atoms with E-state index in [-0.39, 0.29) is 49.0 Å². The smallest absolute Gasteiger partial charge is 0.293 e. The molecular formula is C24H25N3O5S. The number of imide groups is 1. The highest BCUT2D eigenvalue weighted by molar-refractivity contribution is 8.18. The predicted octanol–water partition coefficient (Wildman–Crippen LogP) is 2.98. The minimum absolute atomic E-state index is 0.0754. The third-order valence-corrected chi connectivity index (χ3v) is 5.77. The van der Waals surface area contributed by atoms with Crippen LogP contribution in [0.4, 0.5) is 4.79 Å². The molecule has 8 nitrogen and oxygen atoms in total. The molecule has 0 atom stereocenters. The van der Waals surface area contributed by atoms with Crippen molar-refractivity contribution in [2.24, 2.45) is 0 Å². The molecule has 1 aliphatic rings. The Labute approximate surface area is 196 Å². The number of thioether (sulfide) groups is 1. The lowest BCUT2D eigenvalue weighted by atomic mass is 10.1. The van der Waals surface area contributed by atoms with Gasteiger partial charge in [0, 0.05) is 31.6 Å². The van der Waals surface area contributed by atoms with Crippen LogP contribution >= 0.6 is 11.8 Å². The maximum Gasteiger partial charge on any atom is 0.293 e. The second kappa shape index (κ2) is 11.3. The molecule has 0 saturated carbocycles. The summed E-state index contributed by atoms with van der Waals surface area (Å²) in [6, 6.07) is 14.3. The van der Waals surface area contributed by atoms with Crippen LogP contribution in [0.5, 0.6) is 5.75 Å². The van der Waals surface area contributed by atoms with Gasteiger partial charge in [-0.1, -0.05) is 29.8 Å². The molecule has 1 fully saturated rings. The molecule has 2 aromatic rings. The van der Waals surface area contributed by atoms with Crippen LogP contribution < -0.4 is 15.4 Å². The molecule has 0 bridgehead atoms. The van der Waals surface area contributed by atoms with Crippen molar-refractivity contribution in [3.8, 4) is 5.75 Å². The topological polar surface area (TPSA) is 105 Å². The summed E-state index contributed by atoms with van der Waals surface area (Å²) in [5.41, 5.74) is 2.30. The molecule has 0 unspecified atom stereocenters. The maximum absolute atomic E-state index is 12.6. The number of amides is 4. The van der Waals surface area contributed by atoms with Crippen LogP contribution in [0, 0.1) is 6.92 Å². The summed E-state index contributed by atoms with van der Waals surface area (Å²) < 4.78 is 5.11. The molecule has 33 heavy (non-hydrogen) atoms. The van der Waals surface area contributed by atoms with Gasteiger partial charge in [-0.15, -0.1) is 0 Å². The van der Waals surface area contributed by atoms with Crippen LogP contribution in [0.15, 0.2) is 53.4 Å². The van der Waals surface area contributed by atoms with Gasteiger partial charge in [-0.25, -0.2) is 0 Å². The molecule has 0 radical (unpaired) electrons. The van der Waals surface area contributed by atoms with E-state index in [2.05, 4.69) is 10.6 Å². The maximum atomic E-state index is 12.6. The summed E-state index contributed by atoms with van der Waals surface area (Å²) in [7, 11) is 1.57. The largest absolute Gasteiger partial charge is 0.497 e. The summed E-state index contributed by atoms with van der Waals surface area (Å²) in [5.74, 6) is -0.209. The first-order valence-electron chi connectivity index (χ1n) is 10.4. The van der Waals surface area contributed by atoms with E-state index in [1.165, 1.54) is 0 Å². The molecule has 0 spiro atoms. The third-order valence-electron chi connectivity index (χ3n) is 4.86. The number of carbonyl (C=O) groups is 4. The highest BCUT2D eigenvalue weighted by Crippen LogP contribution is 2.32. The van der Waals surface area contributed by atoms with E-state index in [0.717, 1.165) is 27.8 Å². The standard InChI is InChI=1S/C24H25N3O5S/c1-16-4-3-5-18(14-16)22(29)26-11-10-21(28)25-12-13-27-23(30)20(33-24(27)31)15-17-6-8-19(32-2)9-7-17/h3-9,14-15H,10-13H2,1-2H3,(H,25,28)(H,26,29). The lowest BCUT2D eigenvalue weighted by molar-refractivity contribution is -0.124. The van der Waals surface area contributed by atoms with Gasteiger partial charge in [0.25, 0.3) is 17.1 Å². The van der Waals surface area contributed by atoms with E-state index < -0.39 is 0 Å². The average molecular weight is 468 g/mol. The zero-order chi connectivity index (χ0) is 23.8. The van der Waals surface area contributed by atoms with Gasteiger partial charge in [0.15, 0.2) is 0 Å². The van der Waals surface area contributed by atoms with Gasteiger partial charge in [0.1, 0.15) is 5.75 Å². The van der Waals surface area contributed by atoms with Crippen molar-refractivity contribution >= 4 is 40.8 Å². The van der Waals surface area contributed by atoms with Crippen molar-refractivity contribution < 1.29 is 23.9 Å². The van der Waals surface area contributed by atoms with Crippen molar-refractivity contribution in [3.05, 3.63) is 70.1 Å². The minimum atomic E-state index is -0.388. The summed E-state index contributed by atoms with van der Waals surface area (Å²) in [4.78, 5) is 50.3. The summed E-state index contributed by atoms with van der Waals surface area (Å²) in [6.07, 6.45) is 1.75. The van der Waals surface area contributed by atoms with Gasteiger partial charge in [-0.05, 0) is 54.6 Å². The summed E-state index contributed by atoms with van der Waals surface area (Å²) >= 11 is 0.868. The lowest BCUT2D eigenvalue weighted by Gasteiger charge is -2.13. The number of rotatable bonds is 9. The number of methoxy groups -OCH3 is 1. The van der Waals surface area contributed by atoms with Gasteiger partial charge in [-0.3, -0.25) is 24.1 Å². The van der Waals surface area contributed by atoms with Crippen LogP contribution in [0.25, 0.3) is 6.08 Å². The zero-order valence-electron chi connectivity index (χ0n) is 18.4. The third kappa shape index (κ3) is 6.69. The van der Waals surface area contributed by atoms with E-state index in [0.29, 0.717) is 16.2 Å². The van der Waals surface area contributed by atoms with E-state index in [1.807, 2.05) is 13.0 Å². The minimum Gasteiger partial charge on any atom is -0.497 e. The Morgan fingerprint density at radius 3 is 2.52 bits per heavy atom. The highest BCUT2D eigenvalue weighted by Gasteiger charge is 2.34. The highest BCUT2D eigenvalue weighted by atomic mass is 32.2. The van der Waals surface area contributed by atoms with Crippen molar-refractivity contribution in [1.82, 2.24) is 15.5 Å². The van der Waals surface area contributed by atoms with Crippen LogP contribution in [0.2, 0.25) is 0 Å². The molecule has 2 aromatic carbocycles. The Hall–Kier alpha value is -3.59. The number of carbonyl (C=O) groups excluding carboxylic acids is 4. The number of nitrogens with zero attached hydrogens (tertiary/aromatic N) is 1. The Morgan fingerprint density at radius 2 is 1.82 bits per heavy atom. The molecule has 1 heterocycles. The second-order valence-corrected chi connectivity index (χ2v) is 8.33. The molecule has 0 aromatic heterocycles. The number of ether oxygens (including phenoxy) is 1. The molecular weight excluding hydrogens is 442 g/mol. The number of nitrogens with one attached hydrogen (secondary N) is 2. The van der Waals surface area contributed by atoms with Crippen molar-refractivity contribution in [2.45, 2.75) is 13.3 Å². The number of hydrogen-bond acceptors (Lipinski definition) is 6. The molecule has 0 aliphatic carbocycles. The molecule has 1 saturated heterocycles. The van der Waals surface area contributed by atoms with Crippen molar-refractivity contribution in [1.29, 1.82) is 0 Å². The SMILES string of the molecule is COc1ccc(C=C2SC(=O)N(CCNC(=O)CCNC(=O)c3cccc(C)c3)C2=O)cc1. The van der Waals surface area contributed by atoms with Crippen LogP contribution in [-0.2, 0) is 9.59 Å². The van der Waals surface area contributed by atoms with Crippen LogP contribution in [0.1, 0.15) is 27.9 Å². The Morgan fingerprint density at radius 1 is 1.06 bits per heavy atom. The van der Waals surface area contributed by atoms with Gasteiger partial charge in [0.05, 0.1) is 12.0 Å². The Balaban J connectivity index is 1.41. The Bertz CT molecular complexity index is 1080. The normalized spacial score (nSPS) is 14.5. The first kappa shape index (κ1) is 24.1. The monoisotopic (exact) mass is 467 g/mol. The van der Waals surface area contributed by atoms with Crippen LogP contribution in [0.3, 0.4) is 0 Å². The van der Waals surface area contributed by atoms with Crippen molar-refractivity contribution in [2.75, 3.05) is 26.7 Å². The summed E-state index contributed by atoms with van der Waals surface area (Å²) in [6.45, 7) is 2.30. The fraction of sp³-hybridized carbons (Fsp3) is 0.250. The first-order chi connectivity index (χ1) is 15.9. The number of benzene rings is 2. The molecule has 1 aliphatic heterocycles. The second-order valence-electron chi connectivity index (χ2n) is 7.33. The number of hydrogen-bond donors (Lipinski definition) is 2.